The van der Waals surface area contributed by atoms with E-state index in [2.05, 4.69) is 0 Å². The number of alkyl halides is 3. The molecular weight excluding hydrogens is 227 g/mol. The second-order valence-electron chi connectivity index (χ2n) is 3.04. The third-order valence-corrected chi connectivity index (χ3v) is 1.90. The zero-order valence-electron chi connectivity index (χ0n) is 8.04. The van der Waals surface area contributed by atoms with Crippen LogP contribution in [0.1, 0.15) is 22.8 Å². The standard InChI is InChI=1S/C9H6F3NO3/c1-5(14)7-4-6(9(10,11)12)2-3-8(7)13(15)16/h2-4H,1H3. The zero-order valence-corrected chi connectivity index (χ0v) is 8.04. The summed E-state index contributed by atoms with van der Waals surface area (Å²) in [5.41, 5.74) is -2.25. The van der Waals surface area contributed by atoms with Gasteiger partial charge in [0, 0.05) is 6.07 Å². The SMILES string of the molecule is CC(=O)c1cc(C(F)(F)F)ccc1[N+](=O)[O-]. The third kappa shape index (κ3) is 2.36. The van der Waals surface area contributed by atoms with E-state index in [1.54, 1.807) is 0 Å². The Morgan fingerprint density at radius 1 is 1.38 bits per heavy atom. The van der Waals surface area contributed by atoms with E-state index >= 15 is 0 Å². The van der Waals surface area contributed by atoms with Crippen LogP contribution >= 0.6 is 0 Å². The Morgan fingerprint density at radius 2 is 1.94 bits per heavy atom. The van der Waals surface area contributed by atoms with Gasteiger partial charge in [-0.25, -0.2) is 0 Å². The molecule has 0 saturated heterocycles. The van der Waals surface area contributed by atoms with Crippen LogP contribution in [0.15, 0.2) is 18.2 Å². The first kappa shape index (κ1) is 12.2. The Bertz CT molecular complexity index is 454. The molecule has 0 unspecified atom stereocenters. The van der Waals surface area contributed by atoms with Gasteiger partial charge in [0.05, 0.1) is 16.1 Å². The summed E-state index contributed by atoms with van der Waals surface area (Å²) < 4.78 is 36.8. The summed E-state index contributed by atoms with van der Waals surface area (Å²) in [4.78, 5) is 20.5. The molecule has 0 bridgehead atoms. The molecule has 0 atom stereocenters. The smallest absolute Gasteiger partial charge is 0.294 e. The van der Waals surface area contributed by atoms with Crippen molar-refractivity contribution >= 4 is 11.5 Å². The Hall–Kier alpha value is -1.92. The van der Waals surface area contributed by atoms with Crippen LogP contribution in [-0.2, 0) is 6.18 Å². The number of benzene rings is 1. The van der Waals surface area contributed by atoms with E-state index < -0.39 is 33.7 Å². The number of Topliss-reactive ketones (excluding diaryl/α,β-unsaturated/α-hetero) is 1. The van der Waals surface area contributed by atoms with Crippen LogP contribution in [0.4, 0.5) is 18.9 Å². The van der Waals surface area contributed by atoms with Gasteiger partial charge in [-0.1, -0.05) is 0 Å². The van der Waals surface area contributed by atoms with Crippen LogP contribution in [0.5, 0.6) is 0 Å². The molecule has 0 aliphatic heterocycles. The molecule has 0 N–H and O–H groups in total. The van der Waals surface area contributed by atoms with Crippen molar-refractivity contribution in [1.82, 2.24) is 0 Å². The highest BCUT2D eigenvalue weighted by Crippen LogP contribution is 2.32. The summed E-state index contributed by atoms with van der Waals surface area (Å²) in [7, 11) is 0. The second-order valence-corrected chi connectivity index (χ2v) is 3.04. The average Bonchev–Trinajstić information content (AvgIpc) is 2.15. The van der Waals surface area contributed by atoms with E-state index in [9.17, 15) is 28.1 Å². The van der Waals surface area contributed by atoms with Crippen molar-refractivity contribution in [3.05, 3.63) is 39.4 Å². The van der Waals surface area contributed by atoms with Gasteiger partial charge in [-0.15, -0.1) is 0 Å². The van der Waals surface area contributed by atoms with Crippen LogP contribution in [0.2, 0.25) is 0 Å². The van der Waals surface area contributed by atoms with E-state index in [1.165, 1.54) is 0 Å². The number of nitro benzene ring substituents is 1. The third-order valence-electron chi connectivity index (χ3n) is 1.90. The monoisotopic (exact) mass is 233 g/mol. The highest BCUT2D eigenvalue weighted by atomic mass is 19.4. The number of nitro groups is 1. The normalized spacial score (nSPS) is 11.2. The van der Waals surface area contributed by atoms with Crippen molar-refractivity contribution in [2.75, 3.05) is 0 Å². The van der Waals surface area contributed by atoms with Crippen molar-refractivity contribution in [2.24, 2.45) is 0 Å². The number of hydrogen-bond acceptors (Lipinski definition) is 3. The minimum absolute atomic E-state index is 0.487. The number of nitrogens with zero attached hydrogens (tertiary/aromatic N) is 1. The summed E-state index contributed by atoms with van der Waals surface area (Å²) in [6.07, 6.45) is -4.63. The van der Waals surface area contributed by atoms with Gasteiger partial charge in [-0.05, 0) is 19.1 Å². The predicted molar refractivity (Wildman–Crippen MR) is 48.1 cm³/mol. The number of ketones is 1. The van der Waals surface area contributed by atoms with Crippen molar-refractivity contribution in [2.45, 2.75) is 13.1 Å². The van der Waals surface area contributed by atoms with Crippen LogP contribution in [0.25, 0.3) is 0 Å². The van der Waals surface area contributed by atoms with Crippen LogP contribution in [0, 0.1) is 10.1 Å². The minimum atomic E-state index is -4.63. The summed E-state index contributed by atoms with van der Waals surface area (Å²) in [6, 6.07) is 1.74. The number of carbonyl (C=O) groups excluding carboxylic acids is 1. The summed E-state index contributed by atoms with van der Waals surface area (Å²) in [5.74, 6) is -0.780. The van der Waals surface area contributed by atoms with E-state index in [-0.39, 0.29) is 0 Å². The molecule has 1 aromatic carbocycles. The summed E-state index contributed by atoms with van der Waals surface area (Å²) >= 11 is 0. The van der Waals surface area contributed by atoms with Gasteiger partial charge in [0.2, 0.25) is 0 Å². The Kier molecular flexibility index (Phi) is 2.97. The van der Waals surface area contributed by atoms with Gasteiger partial charge >= 0.3 is 6.18 Å². The molecule has 86 valence electrons. The van der Waals surface area contributed by atoms with Gasteiger partial charge in [0.25, 0.3) is 5.69 Å². The molecule has 0 heterocycles. The number of halogens is 3. The van der Waals surface area contributed by atoms with Gasteiger partial charge < -0.3 is 0 Å². The number of hydrogen-bond donors (Lipinski definition) is 0. The molecule has 1 aromatic rings. The molecule has 0 fully saturated rings. The first-order valence-corrected chi connectivity index (χ1v) is 4.10. The molecule has 4 nitrogen and oxygen atoms in total. The molecule has 0 spiro atoms. The van der Waals surface area contributed by atoms with Gasteiger partial charge in [0.1, 0.15) is 0 Å². The number of rotatable bonds is 2. The number of carbonyl (C=O) groups is 1. The molecule has 0 aromatic heterocycles. The first-order chi connectivity index (χ1) is 7.23. The molecule has 0 aliphatic carbocycles. The van der Waals surface area contributed by atoms with Crippen LogP contribution < -0.4 is 0 Å². The highest BCUT2D eigenvalue weighted by Gasteiger charge is 2.32. The van der Waals surface area contributed by atoms with Crippen LogP contribution in [0.3, 0.4) is 0 Å². The fourth-order valence-electron chi connectivity index (χ4n) is 1.15. The van der Waals surface area contributed by atoms with Crippen molar-refractivity contribution < 1.29 is 22.9 Å². The lowest BCUT2D eigenvalue weighted by molar-refractivity contribution is -0.385. The maximum Gasteiger partial charge on any atom is 0.416 e. The largest absolute Gasteiger partial charge is 0.416 e. The molecule has 16 heavy (non-hydrogen) atoms. The molecule has 7 heteroatoms. The second kappa shape index (κ2) is 3.92. The Morgan fingerprint density at radius 3 is 2.31 bits per heavy atom. The fourth-order valence-corrected chi connectivity index (χ4v) is 1.15. The lowest BCUT2D eigenvalue weighted by Crippen LogP contribution is -2.08. The molecule has 0 amide bonds. The maximum absolute atomic E-state index is 12.3. The van der Waals surface area contributed by atoms with Crippen molar-refractivity contribution in [1.29, 1.82) is 0 Å². The summed E-state index contributed by atoms with van der Waals surface area (Å²) in [6.45, 7) is 0.975. The van der Waals surface area contributed by atoms with Gasteiger partial charge in [-0.2, -0.15) is 13.2 Å². The molecule has 0 aliphatic rings. The highest BCUT2D eigenvalue weighted by molar-refractivity contribution is 5.98. The van der Waals surface area contributed by atoms with Crippen molar-refractivity contribution in [3.8, 4) is 0 Å². The zero-order chi connectivity index (χ0) is 12.5. The maximum atomic E-state index is 12.3. The summed E-state index contributed by atoms with van der Waals surface area (Å²) in [5, 5.41) is 10.5. The average molecular weight is 233 g/mol. The van der Waals surface area contributed by atoms with Crippen LogP contribution in [-0.4, -0.2) is 10.7 Å². The Balaban J connectivity index is 3.40. The lowest BCUT2D eigenvalue weighted by Gasteiger charge is -2.07. The van der Waals surface area contributed by atoms with Crippen molar-refractivity contribution in [3.63, 3.8) is 0 Å². The molecular formula is C9H6F3NO3. The van der Waals surface area contributed by atoms with E-state index in [0.29, 0.717) is 18.2 Å². The van der Waals surface area contributed by atoms with E-state index in [4.69, 9.17) is 0 Å². The van der Waals surface area contributed by atoms with E-state index in [0.717, 1.165) is 6.92 Å². The Labute approximate surface area is 87.8 Å². The fraction of sp³-hybridized carbons (Fsp3) is 0.222. The molecule has 0 saturated carbocycles. The quantitative estimate of drug-likeness (QED) is 0.448. The first-order valence-electron chi connectivity index (χ1n) is 4.10. The lowest BCUT2D eigenvalue weighted by atomic mass is 10.1. The molecule has 0 radical (unpaired) electrons. The minimum Gasteiger partial charge on any atom is -0.294 e. The molecule has 1 rings (SSSR count). The van der Waals surface area contributed by atoms with E-state index in [1.807, 2.05) is 0 Å². The topological polar surface area (TPSA) is 60.2 Å². The van der Waals surface area contributed by atoms with Gasteiger partial charge in [-0.3, -0.25) is 14.9 Å². The predicted octanol–water partition coefficient (Wildman–Crippen LogP) is 2.82. The van der Waals surface area contributed by atoms with Gasteiger partial charge in [0.15, 0.2) is 5.78 Å².